The van der Waals surface area contributed by atoms with Crippen molar-refractivity contribution in [2.24, 2.45) is 5.41 Å². The summed E-state index contributed by atoms with van der Waals surface area (Å²) in [6, 6.07) is 0. The lowest BCUT2D eigenvalue weighted by atomic mass is 9.77. The fourth-order valence-electron chi connectivity index (χ4n) is 3.30. The molecule has 2 heterocycles. The first-order valence-electron chi connectivity index (χ1n) is 8.50. The Hall–Kier alpha value is -1.62. The summed E-state index contributed by atoms with van der Waals surface area (Å²) in [6.07, 6.45) is 5.70. The molecule has 5 nitrogen and oxygen atoms in total. The van der Waals surface area contributed by atoms with Gasteiger partial charge in [-0.1, -0.05) is 18.6 Å². The van der Waals surface area contributed by atoms with E-state index in [-0.39, 0.29) is 17.9 Å². The molecule has 0 bridgehead atoms. The molecule has 1 saturated heterocycles. The average molecular weight is 319 g/mol. The highest BCUT2D eigenvalue weighted by atomic mass is 16.3. The number of amides is 1. The van der Waals surface area contributed by atoms with E-state index in [4.69, 9.17) is 0 Å². The van der Waals surface area contributed by atoms with Crippen LogP contribution in [0.15, 0.2) is 11.6 Å². The van der Waals surface area contributed by atoms with E-state index in [9.17, 15) is 9.90 Å². The van der Waals surface area contributed by atoms with Crippen LogP contribution in [0.25, 0.3) is 0 Å². The lowest BCUT2D eigenvalue weighted by Crippen LogP contribution is -2.48. The van der Waals surface area contributed by atoms with Crippen molar-refractivity contribution in [3.05, 3.63) is 28.6 Å². The van der Waals surface area contributed by atoms with Gasteiger partial charge in [-0.25, -0.2) is 0 Å². The van der Waals surface area contributed by atoms with Crippen LogP contribution in [0.3, 0.4) is 0 Å². The van der Waals surface area contributed by atoms with Gasteiger partial charge in [0.1, 0.15) is 0 Å². The third kappa shape index (κ3) is 3.83. The van der Waals surface area contributed by atoms with Crippen LogP contribution in [0.4, 0.5) is 0 Å². The van der Waals surface area contributed by atoms with E-state index in [0.717, 1.165) is 43.5 Å². The molecule has 2 N–H and O–H groups in total. The summed E-state index contributed by atoms with van der Waals surface area (Å²) in [7, 11) is 0. The Kier molecular flexibility index (Phi) is 5.63. The highest BCUT2D eigenvalue weighted by Gasteiger charge is 2.37. The Bertz CT molecular complexity index is 587. The number of allylic oxidation sites excluding steroid dienone is 2. The van der Waals surface area contributed by atoms with Crippen molar-refractivity contribution in [1.29, 1.82) is 0 Å². The summed E-state index contributed by atoms with van der Waals surface area (Å²) in [4.78, 5) is 14.7. The Morgan fingerprint density at radius 1 is 1.48 bits per heavy atom. The molecule has 128 valence electrons. The zero-order valence-electron chi connectivity index (χ0n) is 14.8. The van der Waals surface area contributed by atoms with Gasteiger partial charge in [-0.2, -0.15) is 5.10 Å². The van der Waals surface area contributed by atoms with Gasteiger partial charge in [0, 0.05) is 29.8 Å². The van der Waals surface area contributed by atoms with Crippen molar-refractivity contribution in [2.75, 3.05) is 19.7 Å². The predicted molar refractivity (Wildman–Crippen MR) is 91.4 cm³/mol. The molecule has 1 aromatic rings. The molecular weight excluding hydrogens is 290 g/mol. The maximum atomic E-state index is 12.8. The molecule has 0 aromatic carbocycles. The summed E-state index contributed by atoms with van der Waals surface area (Å²) in [5.41, 5.74) is 3.52. The first-order chi connectivity index (χ1) is 10.9. The standard InChI is InChI=1S/C18H29N3O2/c1-5-15-14(4)16(20-19-15)17(23)21-10-6-8-18(11-21,12-22)9-7-13(2)3/h7,22H,5-6,8-12H2,1-4H3,(H,19,20)/t18-/m1/s1. The quantitative estimate of drug-likeness (QED) is 0.820. The highest BCUT2D eigenvalue weighted by Crippen LogP contribution is 2.34. The van der Waals surface area contributed by atoms with Gasteiger partial charge in [-0.3, -0.25) is 9.89 Å². The van der Waals surface area contributed by atoms with Crippen molar-refractivity contribution in [3.8, 4) is 0 Å². The number of aliphatic hydroxyl groups excluding tert-OH is 1. The number of aliphatic hydroxyl groups is 1. The van der Waals surface area contributed by atoms with Crippen molar-refractivity contribution < 1.29 is 9.90 Å². The number of nitrogens with zero attached hydrogens (tertiary/aromatic N) is 2. The first-order valence-corrected chi connectivity index (χ1v) is 8.50. The second-order valence-electron chi connectivity index (χ2n) is 7.00. The third-order valence-electron chi connectivity index (χ3n) is 4.89. The van der Waals surface area contributed by atoms with E-state index in [0.29, 0.717) is 12.2 Å². The number of piperidine rings is 1. The van der Waals surface area contributed by atoms with Crippen LogP contribution < -0.4 is 0 Å². The van der Waals surface area contributed by atoms with Crippen LogP contribution in [0.2, 0.25) is 0 Å². The summed E-state index contributed by atoms with van der Waals surface area (Å²) < 4.78 is 0. The lowest BCUT2D eigenvalue weighted by Gasteiger charge is -2.41. The number of H-pyrrole nitrogens is 1. The zero-order chi connectivity index (χ0) is 17.0. The van der Waals surface area contributed by atoms with Gasteiger partial charge in [-0.05, 0) is 46.5 Å². The van der Waals surface area contributed by atoms with E-state index in [1.807, 2.05) is 18.7 Å². The van der Waals surface area contributed by atoms with Crippen LogP contribution >= 0.6 is 0 Å². The van der Waals surface area contributed by atoms with Crippen molar-refractivity contribution in [3.63, 3.8) is 0 Å². The topological polar surface area (TPSA) is 69.2 Å². The monoisotopic (exact) mass is 319 g/mol. The Morgan fingerprint density at radius 2 is 2.22 bits per heavy atom. The maximum Gasteiger partial charge on any atom is 0.274 e. The van der Waals surface area contributed by atoms with Gasteiger partial charge in [0.25, 0.3) is 5.91 Å². The molecule has 2 rings (SSSR count). The second-order valence-corrected chi connectivity index (χ2v) is 7.00. The van der Waals surface area contributed by atoms with E-state index < -0.39 is 0 Å². The van der Waals surface area contributed by atoms with Gasteiger partial charge in [-0.15, -0.1) is 0 Å². The van der Waals surface area contributed by atoms with Crippen molar-refractivity contribution in [1.82, 2.24) is 15.1 Å². The van der Waals surface area contributed by atoms with Crippen LogP contribution in [-0.2, 0) is 6.42 Å². The van der Waals surface area contributed by atoms with Gasteiger partial charge in [0.05, 0.1) is 6.61 Å². The van der Waals surface area contributed by atoms with Gasteiger partial charge in [0.15, 0.2) is 5.69 Å². The number of nitrogens with one attached hydrogen (secondary N) is 1. The molecule has 1 aliphatic heterocycles. The van der Waals surface area contributed by atoms with E-state index in [2.05, 4.69) is 30.1 Å². The summed E-state index contributed by atoms with van der Waals surface area (Å²) in [5, 5.41) is 17.1. The van der Waals surface area contributed by atoms with Crippen LogP contribution in [0, 0.1) is 12.3 Å². The number of hydrogen-bond donors (Lipinski definition) is 2. The van der Waals surface area contributed by atoms with Gasteiger partial charge < -0.3 is 10.0 Å². The van der Waals surface area contributed by atoms with Gasteiger partial charge in [0.2, 0.25) is 0 Å². The molecule has 1 fully saturated rings. The number of carbonyl (C=O) groups is 1. The maximum absolute atomic E-state index is 12.8. The summed E-state index contributed by atoms with van der Waals surface area (Å²) in [6.45, 7) is 9.57. The van der Waals surface area contributed by atoms with E-state index in [1.54, 1.807) is 0 Å². The van der Waals surface area contributed by atoms with Crippen molar-refractivity contribution >= 4 is 5.91 Å². The van der Waals surface area contributed by atoms with E-state index in [1.165, 1.54) is 5.57 Å². The number of aromatic nitrogens is 2. The Labute approximate surface area is 138 Å². The molecular formula is C18H29N3O2. The normalized spacial score (nSPS) is 21.3. The number of carbonyl (C=O) groups excluding carboxylic acids is 1. The Balaban J connectivity index is 2.17. The minimum Gasteiger partial charge on any atom is -0.396 e. The number of aryl methyl sites for hydroxylation is 1. The predicted octanol–water partition coefficient (Wildman–Crippen LogP) is 2.85. The van der Waals surface area contributed by atoms with Crippen LogP contribution in [-0.4, -0.2) is 45.8 Å². The lowest BCUT2D eigenvalue weighted by molar-refractivity contribution is 0.0280. The molecule has 1 aromatic heterocycles. The molecule has 1 atom stereocenters. The Morgan fingerprint density at radius 3 is 2.78 bits per heavy atom. The fraction of sp³-hybridized carbons (Fsp3) is 0.667. The minimum atomic E-state index is -0.219. The zero-order valence-corrected chi connectivity index (χ0v) is 14.8. The molecule has 1 aliphatic rings. The molecule has 0 radical (unpaired) electrons. The second kappa shape index (κ2) is 7.30. The fourth-order valence-corrected chi connectivity index (χ4v) is 3.30. The SMILES string of the molecule is CCc1[nH]nc(C(=O)N2CCC[C@@](CO)(CC=C(C)C)C2)c1C. The smallest absolute Gasteiger partial charge is 0.274 e. The third-order valence-corrected chi connectivity index (χ3v) is 4.89. The van der Waals surface area contributed by atoms with Crippen molar-refractivity contribution in [2.45, 2.75) is 53.4 Å². The molecule has 0 saturated carbocycles. The van der Waals surface area contributed by atoms with E-state index >= 15 is 0 Å². The molecule has 23 heavy (non-hydrogen) atoms. The summed E-state index contributed by atoms with van der Waals surface area (Å²) in [5.74, 6) is -0.0202. The average Bonchev–Trinajstić information content (AvgIpc) is 2.93. The molecule has 5 heteroatoms. The molecule has 0 spiro atoms. The molecule has 0 aliphatic carbocycles. The number of hydrogen-bond acceptors (Lipinski definition) is 3. The molecule has 1 amide bonds. The summed E-state index contributed by atoms with van der Waals surface area (Å²) >= 11 is 0. The van der Waals surface area contributed by atoms with Crippen LogP contribution in [0.5, 0.6) is 0 Å². The van der Waals surface area contributed by atoms with Gasteiger partial charge >= 0.3 is 0 Å². The number of rotatable bonds is 5. The molecule has 0 unspecified atom stereocenters. The first kappa shape index (κ1) is 17.7. The number of likely N-dealkylation sites (tertiary alicyclic amines) is 1. The number of aromatic amines is 1. The largest absolute Gasteiger partial charge is 0.396 e. The highest BCUT2D eigenvalue weighted by molar-refractivity contribution is 5.94. The van der Waals surface area contributed by atoms with Crippen LogP contribution in [0.1, 0.15) is 61.8 Å². The minimum absolute atomic E-state index is 0.0202.